The number of para-hydroxylation sites is 1. The van der Waals surface area contributed by atoms with Crippen molar-refractivity contribution in [2.45, 2.75) is 12.8 Å². The van der Waals surface area contributed by atoms with Crippen LogP contribution in [0.5, 0.6) is 5.75 Å². The molecular formula is C17H15FO3. The predicted molar refractivity (Wildman–Crippen MR) is 75.8 cm³/mol. The SMILES string of the molecule is O=C(O)C1(Cc2ccc(F)cc2)COc2ccccc2C1. The van der Waals surface area contributed by atoms with E-state index in [0.717, 1.165) is 16.9 Å². The van der Waals surface area contributed by atoms with Crippen molar-refractivity contribution in [1.82, 2.24) is 0 Å². The molecule has 1 unspecified atom stereocenters. The monoisotopic (exact) mass is 286 g/mol. The van der Waals surface area contributed by atoms with Crippen LogP contribution in [0.3, 0.4) is 0 Å². The van der Waals surface area contributed by atoms with Crippen LogP contribution >= 0.6 is 0 Å². The molecule has 3 nitrogen and oxygen atoms in total. The maximum atomic E-state index is 13.0. The minimum absolute atomic E-state index is 0.122. The lowest BCUT2D eigenvalue weighted by atomic mass is 9.75. The number of benzene rings is 2. The van der Waals surface area contributed by atoms with E-state index in [9.17, 15) is 14.3 Å². The molecule has 2 aromatic rings. The average Bonchev–Trinajstić information content (AvgIpc) is 2.49. The minimum Gasteiger partial charge on any atom is -0.492 e. The first-order valence-corrected chi connectivity index (χ1v) is 6.78. The fourth-order valence-corrected chi connectivity index (χ4v) is 2.74. The van der Waals surface area contributed by atoms with Gasteiger partial charge in [0.1, 0.15) is 23.6 Å². The van der Waals surface area contributed by atoms with Gasteiger partial charge in [-0.25, -0.2) is 4.39 Å². The zero-order valence-electron chi connectivity index (χ0n) is 11.4. The van der Waals surface area contributed by atoms with E-state index < -0.39 is 11.4 Å². The van der Waals surface area contributed by atoms with Gasteiger partial charge in [-0.3, -0.25) is 4.79 Å². The van der Waals surface area contributed by atoms with Gasteiger partial charge in [0.05, 0.1) is 0 Å². The van der Waals surface area contributed by atoms with Gasteiger partial charge in [-0.1, -0.05) is 30.3 Å². The van der Waals surface area contributed by atoms with E-state index in [1.165, 1.54) is 12.1 Å². The quantitative estimate of drug-likeness (QED) is 0.943. The van der Waals surface area contributed by atoms with E-state index in [1.807, 2.05) is 24.3 Å². The van der Waals surface area contributed by atoms with Crippen LogP contribution in [0, 0.1) is 11.2 Å². The molecule has 3 rings (SSSR count). The second-order valence-electron chi connectivity index (χ2n) is 5.46. The molecule has 0 radical (unpaired) electrons. The van der Waals surface area contributed by atoms with Crippen LogP contribution in [0.4, 0.5) is 4.39 Å². The summed E-state index contributed by atoms with van der Waals surface area (Å²) in [6.45, 7) is 0.122. The van der Waals surface area contributed by atoms with Gasteiger partial charge in [-0.05, 0) is 42.2 Å². The molecule has 0 amide bonds. The lowest BCUT2D eigenvalue weighted by molar-refractivity contribution is -0.151. The summed E-state index contributed by atoms with van der Waals surface area (Å²) in [5, 5.41) is 9.68. The van der Waals surface area contributed by atoms with Crippen molar-refractivity contribution < 1.29 is 19.0 Å². The maximum absolute atomic E-state index is 13.0. The van der Waals surface area contributed by atoms with Crippen LogP contribution in [0.2, 0.25) is 0 Å². The summed E-state index contributed by atoms with van der Waals surface area (Å²) in [7, 11) is 0. The van der Waals surface area contributed by atoms with E-state index in [2.05, 4.69) is 0 Å². The first-order valence-electron chi connectivity index (χ1n) is 6.78. The molecule has 0 aromatic heterocycles. The van der Waals surface area contributed by atoms with Gasteiger partial charge in [0.2, 0.25) is 0 Å². The van der Waals surface area contributed by atoms with E-state index in [4.69, 9.17) is 4.74 Å². The highest BCUT2D eigenvalue weighted by Gasteiger charge is 2.43. The smallest absolute Gasteiger partial charge is 0.313 e. The fourth-order valence-electron chi connectivity index (χ4n) is 2.74. The highest BCUT2D eigenvalue weighted by molar-refractivity contribution is 5.76. The fraction of sp³-hybridized carbons (Fsp3) is 0.235. The molecule has 1 aliphatic rings. The van der Waals surface area contributed by atoms with Gasteiger partial charge >= 0.3 is 5.97 Å². The Morgan fingerprint density at radius 2 is 1.90 bits per heavy atom. The van der Waals surface area contributed by atoms with Crippen molar-refractivity contribution in [3.8, 4) is 5.75 Å². The number of hydrogen-bond acceptors (Lipinski definition) is 2. The molecule has 0 saturated heterocycles. The Morgan fingerprint density at radius 3 is 2.62 bits per heavy atom. The van der Waals surface area contributed by atoms with Gasteiger partial charge in [0.25, 0.3) is 0 Å². The van der Waals surface area contributed by atoms with Crippen LogP contribution in [0.25, 0.3) is 0 Å². The number of carboxylic acid groups (broad SMARTS) is 1. The van der Waals surface area contributed by atoms with E-state index in [-0.39, 0.29) is 12.4 Å². The second kappa shape index (κ2) is 5.20. The van der Waals surface area contributed by atoms with Crippen LogP contribution in [0.1, 0.15) is 11.1 Å². The summed E-state index contributed by atoms with van der Waals surface area (Å²) < 4.78 is 18.6. The summed E-state index contributed by atoms with van der Waals surface area (Å²) >= 11 is 0. The summed E-state index contributed by atoms with van der Waals surface area (Å²) in [5.74, 6) is -0.469. The van der Waals surface area contributed by atoms with Gasteiger partial charge in [-0.2, -0.15) is 0 Å². The molecule has 1 atom stereocenters. The average molecular weight is 286 g/mol. The summed E-state index contributed by atoms with van der Waals surface area (Å²) in [5.41, 5.74) is 0.682. The molecule has 0 spiro atoms. The predicted octanol–water partition coefficient (Wildman–Crippen LogP) is 3.07. The van der Waals surface area contributed by atoms with E-state index in [1.54, 1.807) is 12.1 Å². The van der Waals surface area contributed by atoms with Gasteiger partial charge in [-0.15, -0.1) is 0 Å². The number of ether oxygens (including phenoxy) is 1. The minimum atomic E-state index is -1.01. The lowest BCUT2D eigenvalue weighted by Crippen LogP contribution is -2.43. The Morgan fingerprint density at radius 1 is 1.19 bits per heavy atom. The third-order valence-electron chi connectivity index (χ3n) is 3.91. The first-order chi connectivity index (χ1) is 10.1. The number of rotatable bonds is 3. The highest BCUT2D eigenvalue weighted by atomic mass is 19.1. The standard InChI is InChI=1S/C17H15FO3/c18-14-7-5-12(6-8-14)9-17(16(19)20)10-13-3-1-2-4-15(13)21-11-17/h1-8H,9-11H2,(H,19,20). The van der Waals surface area contributed by atoms with E-state index >= 15 is 0 Å². The number of fused-ring (bicyclic) bond motifs is 1. The molecule has 4 heteroatoms. The van der Waals surface area contributed by atoms with Crippen molar-refractivity contribution in [1.29, 1.82) is 0 Å². The Hall–Kier alpha value is -2.36. The zero-order valence-corrected chi connectivity index (χ0v) is 11.4. The molecule has 21 heavy (non-hydrogen) atoms. The van der Waals surface area contributed by atoms with Crippen LogP contribution in [-0.4, -0.2) is 17.7 Å². The molecule has 0 fully saturated rings. The van der Waals surface area contributed by atoms with Crippen LogP contribution < -0.4 is 4.74 Å². The normalized spacial score (nSPS) is 20.4. The third-order valence-corrected chi connectivity index (χ3v) is 3.91. The lowest BCUT2D eigenvalue weighted by Gasteiger charge is -2.34. The second-order valence-corrected chi connectivity index (χ2v) is 5.46. The molecule has 108 valence electrons. The summed E-state index contributed by atoms with van der Waals surface area (Å²) in [6.07, 6.45) is 0.729. The summed E-state index contributed by atoms with van der Waals surface area (Å²) in [6, 6.07) is 13.4. The van der Waals surface area contributed by atoms with Gasteiger partial charge in [0.15, 0.2) is 0 Å². The Balaban J connectivity index is 1.91. The number of aliphatic carboxylic acids is 1. The Kier molecular flexibility index (Phi) is 3.37. The van der Waals surface area contributed by atoms with Crippen LogP contribution in [-0.2, 0) is 17.6 Å². The maximum Gasteiger partial charge on any atom is 0.313 e. The topological polar surface area (TPSA) is 46.5 Å². The van der Waals surface area contributed by atoms with Crippen molar-refractivity contribution in [2.75, 3.05) is 6.61 Å². The molecule has 1 aliphatic heterocycles. The molecule has 0 bridgehead atoms. The van der Waals surface area contributed by atoms with Crippen molar-refractivity contribution in [3.63, 3.8) is 0 Å². The van der Waals surface area contributed by atoms with Crippen molar-refractivity contribution in [3.05, 3.63) is 65.5 Å². The molecule has 1 N–H and O–H groups in total. The molecule has 0 saturated carbocycles. The zero-order chi connectivity index (χ0) is 14.9. The van der Waals surface area contributed by atoms with Crippen LogP contribution in [0.15, 0.2) is 48.5 Å². The van der Waals surface area contributed by atoms with Gasteiger partial charge < -0.3 is 9.84 Å². The molecule has 0 aliphatic carbocycles. The molecule has 2 aromatic carbocycles. The third kappa shape index (κ3) is 2.61. The molecular weight excluding hydrogens is 271 g/mol. The Bertz CT molecular complexity index is 666. The van der Waals surface area contributed by atoms with E-state index in [0.29, 0.717) is 12.8 Å². The highest BCUT2D eigenvalue weighted by Crippen LogP contribution is 2.37. The molecule has 1 heterocycles. The number of halogens is 1. The number of carboxylic acids is 1. The van der Waals surface area contributed by atoms with Crippen molar-refractivity contribution in [2.24, 2.45) is 5.41 Å². The van der Waals surface area contributed by atoms with Crippen molar-refractivity contribution >= 4 is 5.97 Å². The Labute approximate surface area is 122 Å². The largest absolute Gasteiger partial charge is 0.492 e. The summed E-state index contributed by atoms with van der Waals surface area (Å²) in [4.78, 5) is 11.8. The number of carbonyl (C=O) groups is 1. The van der Waals surface area contributed by atoms with Gasteiger partial charge in [0, 0.05) is 0 Å². The first kappa shape index (κ1) is 13.6. The number of hydrogen-bond donors (Lipinski definition) is 1.